The van der Waals surface area contributed by atoms with Crippen LogP contribution in [-0.2, 0) is 0 Å². The van der Waals surface area contributed by atoms with E-state index in [4.69, 9.17) is 0 Å². The summed E-state index contributed by atoms with van der Waals surface area (Å²) in [7, 11) is 2.18. The van der Waals surface area contributed by atoms with Crippen molar-refractivity contribution in [2.45, 2.75) is 18.9 Å². The summed E-state index contributed by atoms with van der Waals surface area (Å²) in [6, 6.07) is 0.290. The highest BCUT2D eigenvalue weighted by Crippen LogP contribution is 2.00. The second-order valence-corrected chi connectivity index (χ2v) is 4.30. The molecule has 0 unspecified atom stereocenters. The van der Waals surface area contributed by atoms with Gasteiger partial charge in [-0.3, -0.25) is 9.78 Å². The van der Waals surface area contributed by atoms with E-state index in [2.05, 4.69) is 22.3 Å². The fourth-order valence-corrected chi connectivity index (χ4v) is 1.93. The van der Waals surface area contributed by atoms with Gasteiger partial charge in [0.15, 0.2) is 0 Å². The summed E-state index contributed by atoms with van der Waals surface area (Å²) in [5, 5.41) is 3.00. The highest BCUT2D eigenvalue weighted by molar-refractivity contribution is 5.92. The molecule has 0 saturated carbocycles. The van der Waals surface area contributed by atoms with Gasteiger partial charge < -0.3 is 10.2 Å². The molecule has 0 radical (unpaired) electrons. The number of hydrogen-bond acceptors (Lipinski definition) is 3. The van der Waals surface area contributed by atoms with Crippen LogP contribution < -0.4 is 10.2 Å². The number of likely N-dealkylation sites (tertiary alicyclic amines) is 1. The molecular weight excluding hydrogens is 204 g/mol. The maximum absolute atomic E-state index is 11.8. The van der Waals surface area contributed by atoms with E-state index in [1.54, 1.807) is 6.20 Å². The maximum Gasteiger partial charge on any atom is 0.271 e. The molecule has 1 fully saturated rings. The smallest absolute Gasteiger partial charge is 0.271 e. The summed E-state index contributed by atoms with van der Waals surface area (Å²) in [5.74, 6) is -0.113. The normalized spacial score (nSPS) is 25.1. The first-order valence-corrected chi connectivity index (χ1v) is 5.64. The van der Waals surface area contributed by atoms with E-state index in [1.165, 1.54) is 17.3 Å². The summed E-state index contributed by atoms with van der Waals surface area (Å²) in [6.07, 6.45) is 6.68. The fourth-order valence-electron chi connectivity index (χ4n) is 1.93. The second-order valence-electron chi connectivity index (χ2n) is 4.30. The van der Waals surface area contributed by atoms with Gasteiger partial charge in [0.2, 0.25) is 0 Å². The van der Waals surface area contributed by atoms with E-state index in [1.807, 2.05) is 0 Å². The van der Waals surface area contributed by atoms with Crippen molar-refractivity contribution in [1.29, 1.82) is 0 Å². The number of amides is 1. The minimum absolute atomic E-state index is 0.113. The van der Waals surface area contributed by atoms with E-state index in [9.17, 15) is 4.79 Å². The minimum atomic E-state index is -0.113. The van der Waals surface area contributed by atoms with Crippen LogP contribution in [-0.4, -0.2) is 42.1 Å². The number of rotatable bonds is 2. The zero-order valence-corrected chi connectivity index (χ0v) is 9.44. The Morgan fingerprint density at radius 1 is 1.44 bits per heavy atom. The number of quaternary nitrogens is 1. The zero-order valence-electron chi connectivity index (χ0n) is 9.44. The van der Waals surface area contributed by atoms with E-state index >= 15 is 0 Å². The van der Waals surface area contributed by atoms with Gasteiger partial charge in [-0.1, -0.05) is 0 Å². The van der Waals surface area contributed by atoms with Crippen molar-refractivity contribution in [3.05, 3.63) is 24.3 Å². The number of piperidine rings is 1. The first kappa shape index (κ1) is 11.0. The summed E-state index contributed by atoms with van der Waals surface area (Å²) in [4.78, 5) is 21.2. The lowest BCUT2D eigenvalue weighted by molar-refractivity contribution is -0.884. The minimum Gasteiger partial charge on any atom is -0.347 e. The van der Waals surface area contributed by atoms with Gasteiger partial charge in [-0.2, -0.15) is 0 Å². The Morgan fingerprint density at radius 3 is 2.81 bits per heavy atom. The summed E-state index contributed by atoms with van der Waals surface area (Å²) in [6.45, 7) is 2.23. The van der Waals surface area contributed by atoms with Crippen LogP contribution in [0.1, 0.15) is 23.3 Å². The van der Waals surface area contributed by atoms with Crippen molar-refractivity contribution >= 4 is 5.91 Å². The van der Waals surface area contributed by atoms with Crippen molar-refractivity contribution in [2.24, 2.45) is 0 Å². The van der Waals surface area contributed by atoms with Crippen molar-refractivity contribution in [3.63, 3.8) is 0 Å². The standard InChI is InChI=1S/C11H16N4O/c1-15-6-2-9(3-7-15)14-11(16)10-8-12-4-5-13-10/h4-5,8-9H,2-3,6-7H2,1H3,(H,14,16)/p+1. The molecule has 1 amide bonds. The molecule has 16 heavy (non-hydrogen) atoms. The highest BCUT2D eigenvalue weighted by Gasteiger charge is 2.21. The molecule has 1 aliphatic heterocycles. The van der Waals surface area contributed by atoms with Gasteiger partial charge in [0, 0.05) is 31.3 Å². The van der Waals surface area contributed by atoms with Gasteiger partial charge in [-0.25, -0.2) is 4.98 Å². The van der Waals surface area contributed by atoms with E-state index in [0.29, 0.717) is 11.7 Å². The molecule has 5 nitrogen and oxygen atoms in total. The predicted molar refractivity (Wildman–Crippen MR) is 59.1 cm³/mol. The molecule has 2 rings (SSSR count). The lowest BCUT2D eigenvalue weighted by Gasteiger charge is -2.26. The van der Waals surface area contributed by atoms with Crippen LogP contribution in [0, 0.1) is 0 Å². The monoisotopic (exact) mass is 221 g/mol. The first-order valence-electron chi connectivity index (χ1n) is 5.64. The molecular formula is C11H17N4O+. The topological polar surface area (TPSA) is 59.3 Å². The Labute approximate surface area is 94.9 Å². The third-order valence-electron chi connectivity index (χ3n) is 2.97. The molecule has 5 heteroatoms. The summed E-state index contributed by atoms with van der Waals surface area (Å²) in [5.41, 5.74) is 0.397. The zero-order chi connectivity index (χ0) is 11.4. The second kappa shape index (κ2) is 5.03. The van der Waals surface area contributed by atoms with E-state index in [0.717, 1.165) is 25.9 Å². The molecule has 0 bridgehead atoms. The first-order chi connectivity index (χ1) is 7.75. The number of nitrogens with one attached hydrogen (secondary N) is 2. The summed E-state index contributed by atoms with van der Waals surface area (Å²) < 4.78 is 0. The van der Waals surface area contributed by atoms with Gasteiger partial charge in [-0.05, 0) is 0 Å². The molecule has 1 aliphatic rings. The predicted octanol–water partition coefficient (Wildman–Crippen LogP) is -1.12. The van der Waals surface area contributed by atoms with Crippen LogP contribution in [0.15, 0.2) is 18.6 Å². The van der Waals surface area contributed by atoms with Gasteiger partial charge in [0.1, 0.15) is 5.69 Å². The van der Waals surface area contributed by atoms with E-state index < -0.39 is 0 Å². The van der Waals surface area contributed by atoms with Gasteiger partial charge in [0.05, 0.1) is 26.3 Å². The molecule has 0 atom stereocenters. The van der Waals surface area contributed by atoms with Crippen molar-refractivity contribution in [3.8, 4) is 0 Å². The third-order valence-corrected chi connectivity index (χ3v) is 2.97. The van der Waals surface area contributed by atoms with Gasteiger partial charge in [0.25, 0.3) is 5.91 Å². The molecule has 0 spiro atoms. The van der Waals surface area contributed by atoms with Crippen LogP contribution in [0.25, 0.3) is 0 Å². The number of nitrogens with zero attached hydrogens (tertiary/aromatic N) is 2. The average Bonchev–Trinajstić information content (AvgIpc) is 2.33. The Bertz CT molecular complexity index is 346. The molecule has 2 heterocycles. The Kier molecular flexibility index (Phi) is 3.46. The van der Waals surface area contributed by atoms with Crippen LogP contribution >= 0.6 is 0 Å². The number of aromatic nitrogens is 2. The number of hydrogen-bond donors (Lipinski definition) is 2. The van der Waals surface area contributed by atoms with Crippen molar-refractivity contribution in [1.82, 2.24) is 15.3 Å². The van der Waals surface area contributed by atoms with Crippen LogP contribution in [0.5, 0.6) is 0 Å². The van der Waals surface area contributed by atoms with Crippen molar-refractivity contribution in [2.75, 3.05) is 20.1 Å². The molecule has 0 aromatic carbocycles. The average molecular weight is 221 g/mol. The lowest BCUT2D eigenvalue weighted by Crippen LogP contribution is -3.10. The van der Waals surface area contributed by atoms with Crippen molar-refractivity contribution < 1.29 is 9.69 Å². The lowest BCUT2D eigenvalue weighted by atomic mass is 10.1. The van der Waals surface area contributed by atoms with Crippen LogP contribution in [0.2, 0.25) is 0 Å². The molecule has 1 aromatic heterocycles. The third kappa shape index (κ3) is 2.76. The van der Waals surface area contributed by atoms with Gasteiger partial charge >= 0.3 is 0 Å². The quantitative estimate of drug-likeness (QED) is 0.665. The Hall–Kier alpha value is -1.49. The molecule has 1 aromatic rings. The maximum atomic E-state index is 11.8. The SMILES string of the molecule is C[NH+]1CCC(NC(=O)c2cnccn2)CC1. The van der Waals surface area contributed by atoms with Crippen LogP contribution in [0.3, 0.4) is 0 Å². The largest absolute Gasteiger partial charge is 0.347 e. The number of carbonyl (C=O) groups is 1. The summed E-state index contributed by atoms with van der Waals surface area (Å²) >= 11 is 0. The Balaban J connectivity index is 1.88. The van der Waals surface area contributed by atoms with Crippen LogP contribution in [0.4, 0.5) is 0 Å². The molecule has 86 valence electrons. The fraction of sp³-hybridized carbons (Fsp3) is 0.545. The number of carbonyl (C=O) groups excluding carboxylic acids is 1. The Morgan fingerprint density at radius 2 is 2.19 bits per heavy atom. The molecule has 2 N–H and O–H groups in total. The van der Waals surface area contributed by atoms with Gasteiger partial charge in [-0.15, -0.1) is 0 Å². The molecule has 1 saturated heterocycles. The molecule has 0 aliphatic carbocycles. The van der Waals surface area contributed by atoms with E-state index in [-0.39, 0.29) is 5.91 Å². The highest BCUT2D eigenvalue weighted by atomic mass is 16.1.